The smallest absolute Gasteiger partial charge is 0.240 e. The SMILES string of the molecule is O=C(Cc1cccc(-c2ccc(S(=O)(=O)NC[C@@H](O)CO)cc2)n1)C1(c2ccc3c(c2)OCO3)CC1. The van der Waals surface area contributed by atoms with Gasteiger partial charge in [-0.05, 0) is 54.8 Å². The van der Waals surface area contributed by atoms with Crippen LogP contribution < -0.4 is 14.2 Å². The Balaban J connectivity index is 1.29. The largest absolute Gasteiger partial charge is 0.454 e. The van der Waals surface area contributed by atoms with Crippen molar-refractivity contribution in [2.75, 3.05) is 19.9 Å². The lowest BCUT2D eigenvalue weighted by Gasteiger charge is -2.15. The predicted molar refractivity (Wildman–Crippen MR) is 130 cm³/mol. The number of rotatable bonds is 10. The number of nitrogens with zero attached hydrogens (tertiary/aromatic N) is 1. The van der Waals surface area contributed by atoms with Gasteiger partial charge in [0, 0.05) is 24.2 Å². The Kier molecular flexibility index (Phi) is 6.52. The summed E-state index contributed by atoms with van der Waals surface area (Å²) >= 11 is 0. The summed E-state index contributed by atoms with van der Waals surface area (Å²) < 4.78 is 37.9. The molecule has 0 bridgehead atoms. The Morgan fingerprint density at radius 2 is 1.81 bits per heavy atom. The van der Waals surface area contributed by atoms with Crippen LogP contribution in [0.1, 0.15) is 24.1 Å². The topological polar surface area (TPSA) is 135 Å². The number of benzene rings is 2. The Hall–Kier alpha value is -3.31. The van der Waals surface area contributed by atoms with Gasteiger partial charge in [0.15, 0.2) is 11.5 Å². The monoisotopic (exact) mass is 510 g/mol. The van der Waals surface area contributed by atoms with Crippen LogP contribution >= 0.6 is 0 Å². The number of pyridine rings is 1. The highest BCUT2D eigenvalue weighted by Crippen LogP contribution is 2.51. The van der Waals surface area contributed by atoms with E-state index in [-0.39, 0.29) is 30.4 Å². The van der Waals surface area contributed by atoms with E-state index >= 15 is 0 Å². The highest BCUT2D eigenvalue weighted by atomic mass is 32.2. The third kappa shape index (κ3) is 4.85. The van der Waals surface area contributed by atoms with E-state index in [0.29, 0.717) is 28.5 Å². The average Bonchev–Trinajstić information content (AvgIpc) is 3.58. The van der Waals surface area contributed by atoms with Crippen LogP contribution in [0.3, 0.4) is 0 Å². The van der Waals surface area contributed by atoms with E-state index in [1.54, 1.807) is 18.2 Å². The average molecular weight is 511 g/mol. The van der Waals surface area contributed by atoms with Gasteiger partial charge in [-0.2, -0.15) is 0 Å². The Labute approximate surface area is 208 Å². The van der Waals surface area contributed by atoms with Crippen LogP contribution in [-0.2, 0) is 26.7 Å². The first-order chi connectivity index (χ1) is 17.3. The van der Waals surface area contributed by atoms with Crippen LogP contribution in [0, 0.1) is 0 Å². The van der Waals surface area contributed by atoms with Gasteiger partial charge in [-0.3, -0.25) is 9.78 Å². The molecule has 10 heteroatoms. The second kappa shape index (κ2) is 9.62. The number of hydrogen-bond donors (Lipinski definition) is 3. The highest BCUT2D eigenvalue weighted by Gasteiger charge is 2.51. The van der Waals surface area contributed by atoms with Gasteiger partial charge in [0.05, 0.1) is 28.7 Å². The second-order valence-corrected chi connectivity index (χ2v) is 10.7. The molecule has 0 amide bonds. The normalized spacial score (nSPS) is 16.5. The number of hydrogen-bond acceptors (Lipinski definition) is 8. The molecule has 0 spiro atoms. The molecule has 1 fully saturated rings. The van der Waals surface area contributed by atoms with Gasteiger partial charge in [0.2, 0.25) is 16.8 Å². The van der Waals surface area contributed by atoms with E-state index in [2.05, 4.69) is 9.71 Å². The fraction of sp³-hybridized carbons (Fsp3) is 0.308. The number of aliphatic hydroxyl groups is 2. The summed E-state index contributed by atoms with van der Waals surface area (Å²) in [6.45, 7) is -0.636. The number of carbonyl (C=O) groups excluding carboxylic acids is 1. The number of carbonyl (C=O) groups is 1. The molecule has 9 nitrogen and oxygen atoms in total. The molecule has 3 aromatic rings. The van der Waals surface area contributed by atoms with Gasteiger partial charge < -0.3 is 19.7 Å². The fourth-order valence-electron chi connectivity index (χ4n) is 4.28. The number of sulfonamides is 1. The van der Waals surface area contributed by atoms with Crippen LogP contribution in [-0.4, -0.2) is 55.4 Å². The lowest BCUT2D eigenvalue weighted by Crippen LogP contribution is -2.33. The number of fused-ring (bicyclic) bond motifs is 1. The van der Waals surface area contributed by atoms with Crippen LogP contribution in [0.15, 0.2) is 65.6 Å². The molecule has 2 aliphatic rings. The van der Waals surface area contributed by atoms with Gasteiger partial charge in [0.25, 0.3) is 0 Å². The molecule has 2 aromatic carbocycles. The minimum atomic E-state index is -3.83. The molecule has 0 radical (unpaired) electrons. The summed E-state index contributed by atoms with van der Waals surface area (Å²) in [5.74, 6) is 1.45. The molecule has 36 heavy (non-hydrogen) atoms. The first-order valence-corrected chi connectivity index (χ1v) is 13.1. The molecule has 1 saturated carbocycles. The predicted octanol–water partition coefficient (Wildman–Crippen LogP) is 1.95. The van der Waals surface area contributed by atoms with Gasteiger partial charge in [-0.1, -0.05) is 24.3 Å². The molecule has 3 N–H and O–H groups in total. The van der Waals surface area contributed by atoms with Crippen molar-refractivity contribution in [2.45, 2.75) is 35.7 Å². The first-order valence-electron chi connectivity index (χ1n) is 11.6. The maximum atomic E-state index is 13.3. The molecule has 5 rings (SSSR count). The van der Waals surface area contributed by atoms with Crippen molar-refractivity contribution in [1.29, 1.82) is 0 Å². The molecule has 0 unspecified atom stereocenters. The molecule has 1 aliphatic heterocycles. The zero-order valence-electron chi connectivity index (χ0n) is 19.4. The minimum absolute atomic E-state index is 0.0297. The number of aliphatic hydroxyl groups excluding tert-OH is 2. The summed E-state index contributed by atoms with van der Waals surface area (Å²) in [7, 11) is -3.83. The van der Waals surface area contributed by atoms with E-state index in [9.17, 15) is 18.3 Å². The van der Waals surface area contributed by atoms with Crippen LogP contribution in [0.4, 0.5) is 0 Å². The van der Waals surface area contributed by atoms with E-state index in [4.69, 9.17) is 14.6 Å². The highest BCUT2D eigenvalue weighted by molar-refractivity contribution is 7.89. The molecule has 0 saturated heterocycles. The number of nitrogens with one attached hydrogen (secondary N) is 1. The summed E-state index contributed by atoms with van der Waals surface area (Å²) in [6, 6.07) is 17.3. The van der Waals surface area contributed by atoms with E-state index in [1.165, 1.54) is 12.1 Å². The molecule has 1 atom stereocenters. The van der Waals surface area contributed by atoms with Gasteiger partial charge in [-0.15, -0.1) is 0 Å². The summed E-state index contributed by atoms with van der Waals surface area (Å²) in [5.41, 5.74) is 2.38. The standard InChI is InChI=1S/C26H26N2O7S/c29-15-20(30)14-27-36(32,33)21-7-4-17(5-8-21)22-3-1-2-19(28-22)13-25(31)26(10-11-26)18-6-9-23-24(12-18)35-16-34-23/h1-9,12,20,27,29-30H,10-11,13-16H2/t20-/m1/s1. The van der Waals surface area contributed by atoms with E-state index in [1.807, 2.05) is 30.3 Å². The zero-order valence-corrected chi connectivity index (χ0v) is 20.2. The van der Waals surface area contributed by atoms with Gasteiger partial charge >= 0.3 is 0 Å². The Morgan fingerprint density at radius 3 is 2.53 bits per heavy atom. The number of ketones is 1. The summed E-state index contributed by atoms with van der Waals surface area (Å²) in [4.78, 5) is 18.0. The number of aromatic nitrogens is 1. The maximum absolute atomic E-state index is 13.3. The van der Waals surface area contributed by atoms with Gasteiger partial charge in [-0.25, -0.2) is 13.1 Å². The summed E-state index contributed by atoms with van der Waals surface area (Å²) in [5, 5.41) is 18.2. The second-order valence-electron chi connectivity index (χ2n) is 8.98. The third-order valence-electron chi connectivity index (χ3n) is 6.54. The van der Waals surface area contributed by atoms with Crippen LogP contribution in [0.25, 0.3) is 11.3 Å². The van der Waals surface area contributed by atoms with Crippen molar-refractivity contribution in [1.82, 2.24) is 9.71 Å². The first kappa shape index (κ1) is 24.4. The van der Waals surface area contributed by atoms with Crippen LogP contribution in [0.5, 0.6) is 11.5 Å². The molecular formula is C26H26N2O7S. The molecule has 1 aliphatic carbocycles. The molecule has 188 valence electrons. The maximum Gasteiger partial charge on any atom is 0.240 e. The van der Waals surface area contributed by atoms with Crippen molar-refractivity contribution >= 4 is 15.8 Å². The van der Waals surface area contributed by atoms with Gasteiger partial charge in [0.1, 0.15) is 5.78 Å². The van der Waals surface area contributed by atoms with Crippen molar-refractivity contribution in [3.05, 3.63) is 71.9 Å². The summed E-state index contributed by atoms with van der Waals surface area (Å²) in [6.07, 6.45) is 0.578. The van der Waals surface area contributed by atoms with Crippen LogP contribution in [0.2, 0.25) is 0 Å². The zero-order chi connectivity index (χ0) is 25.3. The quantitative estimate of drug-likeness (QED) is 0.377. The molecule has 1 aromatic heterocycles. The van der Waals surface area contributed by atoms with Crippen molar-refractivity contribution in [3.63, 3.8) is 0 Å². The Morgan fingerprint density at radius 1 is 1.06 bits per heavy atom. The molecule has 2 heterocycles. The van der Waals surface area contributed by atoms with E-state index in [0.717, 1.165) is 18.4 Å². The van der Waals surface area contributed by atoms with Crippen molar-refractivity contribution < 1.29 is 32.9 Å². The lowest BCUT2D eigenvalue weighted by molar-refractivity contribution is -0.120. The number of ether oxygens (including phenoxy) is 2. The lowest BCUT2D eigenvalue weighted by atomic mass is 9.88. The van der Waals surface area contributed by atoms with Crippen molar-refractivity contribution in [3.8, 4) is 22.8 Å². The minimum Gasteiger partial charge on any atom is -0.454 e. The fourth-order valence-corrected chi connectivity index (χ4v) is 5.35. The molecular weight excluding hydrogens is 484 g/mol. The Bertz CT molecular complexity index is 1390. The number of Topliss-reactive ketones (excluding diaryl/α,β-unsaturated/α-hetero) is 1. The van der Waals surface area contributed by atoms with Crippen molar-refractivity contribution in [2.24, 2.45) is 0 Å². The van der Waals surface area contributed by atoms with E-state index < -0.39 is 28.1 Å². The third-order valence-corrected chi connectivity index (χ3v) is 7.98.